The number of hydrogen-bond donors (Lipinski definition) is 1. The van der Waals surface area contributed by atoms with E-state index in [1.165, 1.54) is 17.0 Å². The quantitative estimate of drug-likeness (QED) is 0.296. The summed E-state index contributed by atoms with van der Waals surface area (Å²) < 4.78 is 29.4. The van der Waals surface area contributed by atoms with Crippen molar-refractivity contribution >= 4 is 55.1 Å². The monoisotopic (exact) mass is 633 g/mol. The molecule has 0 aliphatic carbocycles. The van der Waals surface area contributed by atoms with Gasteiger partial charge in [-0.05, 0) is 69.2 Å². The zero-order chi connectivity index (χ0) is 28.8. The van der Waals surface area contributed by atoms with E-state index in [9.17, 15) is 18.0 Å². The zero-order valence-electron chi connectivity index (χ0n) is 22.4. The van der Waals surface area contributed by atoms with E-state index in [0.29, 0.717) is 27.2 Å². The molecule has 3 aromatic rings. The molecule has 0 heterocycles. The second-order valence-electron chi connectivity index (χ2n) is 10.1. The maximum atomic E-state index is 14.1. The Morgan fingerprint density at radius 2 is 1.62 bits per heavy atom. The normalized spacial score (nSPS) is 12.5. The molecule has 39 heavy (non-hydrogen) atoms. The largest absolute Gasteiger partial charge is 0.350 e. The highest BCUT2D eigenvalue weighted by molar-refractivity contribution is 9.10. The van der Waals surface area contributed by atoms with Gasteiger partial charge in [-0.3, -0.25) is 13.9 Å². The molecule has 0 spiro atoms. The van der Waals surface area contributed by atoms with E-state index in [2.05, 4.69) is 21.2 Å². The Morgan fingerprint density at radius 3 is 2.21 bits per heavy atom. The van der Waals surface area contributed by atoms with Crippen molar-refractivity contribution in [2.75, 3.05) is 10.8 Å². The number of rotatable bonds is 10. The summed E-state index contributed by atoms with van der Waals surface area (Å²) in [4.78, 5) is 28.9. The smallest absolute Gasteiger partial charge is 0.264 e. The first-order chi connectivity index (χ1) is 18.3. The van der Waals surface area contributed by atoms with E-state index in [1.807, 2.05) is 27.7 Å². The third kappa shape index (κ3) is 8.06. The van der Waals surface area contributed by atoms with Gasteiger partial charge in [-0.25, -0.2) is 8.42 Å². The number of sulfonamides is 1. The molecule has 3 aromatic carbocycles. The van der Waals surface area contributed by atoms with Gasteiger partial charge in [-0.15, -0.1) is 0 Å². The third-order valence-corrected chi connectivity index (χ3v) is 8.54. The van der Waals surface area contributed by atoms with Gasteiger partial charge in [0.1, 0.15) is 12.6 Å². The number of nitrogens with one attached hydrogen (secondary N) is 1. The van der Waals surface area contributed by atoms with Gasteiger partial charge in [0.05, 0.1) is 10.6 Å². The predicted octanol–water partition coefficient (Wildman–Crippen LogP) is 6.02. The molecule has 0 bridgehead atoms. The van der Waals surface area contributed by atoms with Crippen molar-refractivity contribution < 1.29 is 18.0 Å². The minimum absolute atomic E-state index is 0.0340. The van der Waals surface area contributed by atoms with Crippen molar-refractivity contribution in [3.05, 3.63) is 93.9 Å². The summed E-state index contributed by atoms with van der Waals surface area (Å²) in [5.41, 5.74) is 0.434. The number of nitrogens with zero attached hydrogens (tertiary/aromatic N) is 2. The second-order valence-corrected chi connectivity index (χ2v) is 13.3. The molecule has 2 amide bonds. The lowest BCUT2D eigenvalue weighted by Crippen LogP contribution is -2.55. The molecule has 0 aliphatic heterocycles. The van der Waals surface area contributed by atoms with Crippen LogP contribution in [0.5, 0.6) is 0 Å². The maximum Gasteiger partial charge on any atom is 0.264 e. The Morgan fingerprint density at radius 1 is 0.974 bits per heavy atom. The van der Waals surface area contributed by atoms with Crippen LogP contribution in [-0.2, 0) is 26.2 Å². The molecular formula is C29H33BrClN3O4S. The van der Waals surface area contributed by atoms with Gasteiger partial charge in [0.2, 0.25) is 11.8 Å². The van der Waals surface area contributed by atoms with Gasteiger partial charge >= 0.3 is 0 Å². The average molecular weight is 635 g/mol. The lowest BCUT2D eigenvalue weighted by molar-refractivity contribution is -0.141. The van der Waals surface area contributed by atoms with Crippen LogP contribution in [0.1, 0.15) is 39.7 Å². The average Bonchev–Trinajstić information content (AvgIpc) is 2.87. The van der Waals surface area contributed by atoms with Crippen molar-refractivity contribution in [1.29, 1.82) is 0 Å². The summed E-state index contributed by atoms with van der Waals surface area (Å²) in [5, 5.41) is 3.40. The molecule has 0 unspecified atom stereocenters. The first-order valence-electron chi connectivity index (χ1n) is 12.5. The fraction of sp³-hybridized carbons (Fsp3) is 0.310. The molecule has 0 radical (unpaired) electrons. The fourth-order valence-corrected chi connectivity index (χ4v) is 6.07. The first-order valence-corrected chi connectivity index (χ1v) is 15.1. The van der Waals surface area contributed by atoms with E-state index < -0.39 is 34.1 Å². The Bertz CT molecular complexity index is 1410. The molecule has 10 heteroatoms. The van der Waals surface area contributed by atoms with Crippen LogP contribution in [0, 0.1) is 0 Å². The van der Waals surface area contributed by atoms with Crippen LogP contribution in [-0.4, -0.2) is 43.3 Å². The maximum absolute atomic E-state index is 14.1. The number of carbonyl (C=O) groups excluding carboxylic acids is 2. The van der Waals surface area contributed by atoms with Crippen LogP contribution in [0.3, 0.4) is 0 Å². The SMILES string of the molecule is CC[C@H](C(=O)NC(C)(C)C)N(Cc1ccccc1Cl)C(=O)CN(c1cccc(Br)c1)S(=O)(=O)c1ccccc1. The zero-order valence-corrected chi connectivity index (χ0v) is 25.6. The Balaban J connectivity index is 2.08. The van der Waals surface area contributed by atoms with Gasteiger partial charge in [-0.1, -0.05) is 76.9 Å². The Hall–Kier alpha value is -2.88. The highest BCUT2D eigenvalue weighted by Crippen LogP contribution is 2.27. The molecule has 0 aromatic heterocycles. The number of carbonyl (C=O) groups is 2. The summed E-state index contributed by atoms with van der Waals surface area (Å²) >= 11 is 9.83. The molecule has 1 atom stereocenters. The number of anilines is 1. The van der Waals surface area contributed by atoms with Crippen molar-refractivity contribution in [3.8, 4) is 0 Å². The van der Waals surface area contributed by atoms with Crippen LogP contribution in [0.2, 0.25) is 5.02 Å². The van der Waals surface area contributed by atoms with Crippen LogP contribution < -0.4 is 9.62 Å². The molecule has 7 nitrogen and oxygen atoms in total. The van der Waals surface area contributed by atoms with E-state index in [4.69, 9.17) is 11.6 Å². The number of amides is 2. The van der Waals surface area contributed by atoms with Gasteiger partial charge in [-0.2, -0.15) is 0 Å². The molecule has 0 aliphatic rings. The number of benzene rings is 3. The van der Waals surface area contributed by atoms with Crippen molar-refractivity contribution in [1.82, 2.24) is 10.2 Å². The summed E-state index contributed by atoms with van der Waals surface area (Å²) in [7, 11) is -4.12. The molecule has 208 valence electrons. The highest BCUT2D eigenvalue weighted by Gasteiger charge is 2.34. The molecule has 3 rings (SSSR count). The number of halogens is 2. The second kappa shape index (κ2) is 13.0. The lowest BCUT2D eigenvalue weighted by Gasteiger charge is -2.35. The minimum atomic E-state index is -4.12. The fourth-order valence-electron chi connectivity index (χ4n) is 4.06. The van der Waals surface area contributed by atoms with Crippen molar-refractivity contribution in [2.45, 2.75) is 57.1 Å². The van der Waals surface area contributed by atoms with Gasteiger partial charge < -0.3 is 10.2 Å². The summed E-state index contributed by atoms with van der Waals surface area (Å²) in [6, 6.07) is 20.9. The van der Waals surface area contributed by atoms with Gasteiger partial charge in [0.25, 0.3) is 10.0 Å². The van der Waals surface area contributed by atoms with Crippen LogP contribution >= 0.6 is 27.5 Å². The van der Waals surface area contributed by atoms with Crippen LogP contribution in [0.4, 0.5) is 5.69 Å². The van der Waals surface area contributed by atoms with E-state index in [1.54, 1.807) is 66.7 Å². The highest BCUT2D eigenvalue weighted by atomic mass is 79.9. The molecular weight excluding hydrogens is 602 g/mol. The topological polar surface area (TPSA) is 86.8 Å². The van der Waals surface area contributed by atoms with Gasteiger partial charge in [0, 0.05) is 21.6 Å². The molecule has 1 N–H and O–H groups in total. The summed E-state index contributed by atoms with van der Waals surface area (Å²) in [6.45, 7) is 6.91. The van der Waals surface area contributed by atoms with Crippen molar-refractivity contribution in [2.24, 2.45) is 0 Å². The van der Waals surface area contributed by atoms with Crippen molar-refractivity contribution in [3.63, 3.8) is 0 Å². The Labute approximate surface area is 244 Å². The summed E-state index contributed by atoms with van der Waals surface area (Å²) in [5.74, 6) is -0.865. The molecule has 0 saturated carbocycles. The number of hydrogen-bond acceptors (Lipinski definition) is 4. The van der Waals surface area contributed by atoms with Crippen LogP contribution in [0.25, 0.3) is 0 Å². The third-order valence-electron chi connectivity index (χ3n) is 5.89. The van der Waals surface area contributed by atoms with Crippen LogP contribution in [0.15, 0.2) is 88.2 Å². The molecule has 0 fully saturated rings. The Kier molecular flexibility index (Phi) is 10.2. The standard InChI is InChI=1S/C29H33BrClN3O4S/c1-5-26(28(36)32-29(2,3)4)33(19-21-12-9-10-17-25(21)31)27(35)20-34(23-14-11-13-22(30)18-23)39(37,38)24-15-7-6-8-16-24/h6-18,26H,5,19-20H2,1-4H3,(H,32,36)/t26-/m1/s1. The van der Waals surface area contributed by atoms with E-state index >= 15 is 0 Å². The van der Waals surface area contributed by atoms with E-state index in [0.717, 1.165) is 4.31 Å². The minimum Gasteiger partial charge on any atom is -0.350 e. The first kappa shape index (κ1) is 30.7. The van der Waals surface area contributed by atoms with E-state index in [-0.39, 0.29) is 17.3 Å². The molecule has 0 saturated heterocycles. The summed E-state index contributed by atoms with van der Waals surface area (Å²) in [6.07, 6.45) is 0.320. The van der Waals surface area contributed by atoms with Gasteiger partial charge in [0.15, 0.2) is 0 Å². The lowest BCUT2D eigenvalue weighted by atomic mass is 10.1. The predicted molar refractivity (Wildman–Crippen MR) is 159 cm³/mol.